The summed E-state index contributed by atoms with van der Waals surface area (Å²) in [5, 5.41) is 0. The number of aliphatic imine (C=N–C) groups is 1. The van der Waals surface area contributed by atoms with Crippen molar-refractivity contribution < 1.29 is 4.79 Å². The third-order valence-corrected chi connectivity index (χ3v) is 3.98. The van der Waals surface area contributed by atoms with Crippen molar-refractivity contribution in [3.05, 3.63) is 0 Å². The highest BCUT2D eigenvalue weighted by atomic mass is 16.1. The topological polar surface area (TPSA) is 29.4 Å². The maximum Gasteiger partial charge on any atom is 0.235 e. The third-order valence-electron chi connectivity index (χ3n) is 3.98. The normalized spacial score (nSPS) is 37.5. The molecule has 0 heterocycles. The molecule has 2 saturated carbocycles. The van der Waals surface area contributed by atoms with E-state index in [1.807, 2.05) is 0 Å². The van der Waals surface area contributed by atoms with Crippen LogP contribution in [0.5, 0.6) is 0 Å². The van der Waals surface area contributed by atoms with Crippen LogP contribution in [0.15, 0.2) is 4.99 Å². The van der Waals surface area contributed by atoms with Crippen molar-refractivity contribution in [1.82, 2.24) is 0 Å². The Balaban J connectivity index is 2.13. The minimum absolute atomic E-state index is 0.165. The molecule has 3 atom stereocenters. The number of fused-ring (bicyclic) bond motifs is 2. The molecule has 0 spiro atoms. The van der Waals surface area contributed by atoms with E-state index in [4.69, 9.17) is 0 Å². The van der Waals surface area contributed by atoms with E-state index in [1.165, 1.54) is 25.7 Å². The monoisotopic (exact) mass is 179 g/mol. The first kappa shape index (κ1) is 8.96. The minimum Gasteiger partial charge on any atom is -0.211 e. The molecule has 0 aromatic carbocycles. The van der Waals surface area contributed by atoms with Gasteiger partial charge in [0.25, 0.3) is 0 Å². The van der Waals surface area contributed by atoms with Gasteiger partial charge in [0.1, 0.15) is 0 Å². The van der Waals surface area contributed by atoms with Crippen LogP contribution in [0.4, 0.5) is 0 Å². The minimum atomic E-state index is -0.165. The van der Waals surface area contributed by atoms with Gasteiger partial charge < -0.3 is 0 Å². The summed E-state index contributed by atoms with van der Waals surface area (Å²) in [6.45, 7) is 4.15. The number of nitrogens with zero attached hydrogens (tertiary/aromatic N) is 1. The average molecular weight is 179 g/mol. The van der Waals surface area contributed by atoms with Crippen LogP contribution >= 0.6 is 0 Å². The number of hydrogen-bond donors (Lipinski definition) is 0. The lowest BCUT2D eigenvalue weighted by Gasteiger charge is -2.32. The first-order chi connectivity index (χ1) is 6.13. The highest BCUT2D eigenvalue weighted by molar-refractivity contribution is 5.34. The maximum absolute atomic E-state index is 10.3. The van der Waals surface area contributed by atoms with E-state index in [0.717, 1.165) is 11.8 Å². The van der Waals surface area contributed by atoms with Gasteiger partial charge in [-0.15, -0.1) is 0 Å². The van der Waals surface area contributed by atoms with Crippen LogP contribution in [0.2, 0.25) is 0 Å². The van der Waals surface area contributed by atoms with Gasteiger partial charge in [-0.25, -0.2) is 4.79 Å². The molecule has 2 aliphatic rings. The van der Waals surface area contributed by atoms with Gasteiger partial charge in [-0.1, -0.05) is 6.42 Å². The SMILES string of the molecule is CC(C)(N=C=O)C1CC2CCC1C2. The molecule has 2 fully saturated rings. The molecule has 0 aromatic rings. The standard InChI is InChI=1S/C11H17NO/c1-11(2,12-7-13)10-6-8-3-4-9(10)5-8/h8-10H,3-6H2,1-2H3. The second kappa shape index (κ2) is 2.95. The third kappa shape index (κ3) is 1.44. The summed E-state index contributed by atoms with van der Waals surface area (Å²) in [6, 6.07) is 0. The lowest BCUT2D eigenvalue weighted by atomic mass is 9.76. The summed E-state index contributed by atoms with van der Waals surface area (Å²) in [5.74, 6) is 2.39. The summed E-state index contributed by atoms with van der Waals surface area (Å²) in [5.41, 5.74) is -0.165. The van der Waals surface area contributed by atoms with Crippen LogP contribution in [0.1, 0.15) is 39.5 Å². The first-order valence-corrected chi connectivity index (χ1v) is 5.22. The Hall–Kier alpha value is -0.620. The van der Waals surface area contributed by atoms with Crippen LogP contribution in [-0.4, -0.2) is 11.6 Å². The Kier molecular flexibility index (Phi) is 2.03. The van der Waals surface area contributed by atoms with Gasteiger partial charge in [0.15, 0.2) is 0 Å². The molecule has 0 N–H and O–H groups in total. The molecule has 2 nitrogen and oxygen atoms in total. The van der Waals surface area contributed by atoms with E-state index in [-0.39, 0.29) is 5.54 Å². The molecule has 13 heavy (non-hydrogen) atoms. The average Bonchev–Trinajstić information content (AvgIpc) is 2.63. The highest BCUT2D eigenvalue weighted by Crippen LogP contribution is 2.52. The van der Waals surface area contributed by atoms with Gasteiger partial charge in [-0.2, -0.15) is 4.99 Å². The van der Waals surface area contributed by atoms with Crippen LogP contribution in [0, 0.1) is 17.8 Å². The molecule has 0 saturated heterocycles. The van der Waals surface area contributed by atoms with Gasteiger partial charge in [0, 0.05) is 0 Å². The summed E-state index contributed by atoms with van der Waals surface area (Å²) in [6.07, 6.45) is 7.14. The molecule has 0 radical (unpaired) electrons. The molecule has 2 aliphatic carbocycles. The summed E-state index contributed by atoms with van der Waals surface area (Å²) < 4.78 is 0. The molecular weight excluding hydrogens is 162 g/mol. The summed E-state index contributed by atoms with van der Waals surface area (Å²) in [4.78, 5) is 14.2. The Labute approximate surface area is 79.4 Å². The van der Waals surface area contributed by atoms with E-state index in [0.29, 0.717) is 5.92 Å². The van der Waals surface area contributed by atoms with Crippen LogP contribution in [-0.2, 0) is 4.79 Å². The number of isocyanates is 1. The Bertz CT molecular complexity index is 253. The first-order valence-electron chi connectivity index (χ1n) is 5.22. The molecule has 3 unspecified atom stereocenters. The van der Waals surface area contributed by atoms with Gasteiger partial charge >= 0.3 is 0 Å². The van der Waals surface area contributed by atoms with Gasteiger partial charge in [0.05, 0.1) is 5.54 Å². The van der Waals surface area contributed by atoms with Crippen molar-refractivity contribution in [2.75, 3.05) is 0 Å². The predicted molar refractivity (Wildman–Crippen MR) is 51.1 cm³/mol. The Morgan fingerprint density at radius 1 is 1.31 bits per heavy atom. The Morgan fingerprint density at radius 2 is 2.08 bits per heavy atom. The van der Waals surface area contributed by atoms with Crippen molar-refractivity contribution in [2.24, 2.45) is 22.7 Å². The second-order valence-electron chi connectivity index (χ2n) is 5.14. The maximum atomic E-state index is 10.3. The van der Waals surface area contributed by atoms with Crippen LogP contribution in [0.25, 0.3) is 0 Å². The molecule has 0 amide bonds. The Morgan fingerprint density at radius 3 is 2.54 bits per heavy atom. The smallest absolute Gasteiger partial charge is 0.211 e. The zero-order chi connectivity index (χ0) is 9.47. The molecule has 0 aromatic heterocycles. The molecule has 2 heteroatoms. The summed E-state index contributed by atoms with van der Waals surface area (Å²) >= 11 is 0. The van der Waals surface area contributed by atoms with Gasteiger partial charge in [0.2, 0.25) is 6.08 Å². The van der Waals surface area contributed by atoms with E-state index in [1.54, 1.807) is 6.08 Å². The molecule has 2 rings (SSSR count). The molecular formula is C11H17NO. The van der Waals surface area contributed by atoms with E-state index >= 15 is 0 Å². The van der Waals surface area contributed by atoms with Crippen molar-refractivity contribution in [3.63, 3.8) is 0 Å². The lowest BCUT2D eigenvalue weighted by molar-refractivity contribution is 0.221. The van der Waals surface area contributed by atoms with E-state index in [2.05, 4.69) is 18.8 Å². The zero-order valence-electron chi connectivity index (χ0n) is 8.42. The van der Waals surface area contributed by atoms with Crippen LogP contribution in [0.3, 0.4) is 0 Å². The van der Waals surface area contributed by atoms with Crippen molar-refractivity contribution in [3.8, 4) is 0 Å². The van der Waals surface area contributed by atoms with Crippen molar-refractivity contribution in [2.45, 2.75) is 45.1 Å². The number of rotatable bonds is 2. The molecule has 72 valence electrons. The number of carbonyl (C=O) groups excluding carboxylic acids is 1. The summed E-state index contributed by atoms with van der Waals surface area (Å²) in [7, 11) is 0. The lowest BCUT2D eigenvalue weighted by Crippen LogP contribution is -2.32. The highest BCUT2D eigenvalue weighted by Gasteiger charge is 2.46. The van der Waals surface area contributed by atoms with E-state index < -0.39 is 0 Å². The molecule has 2 bridgehead atoms. The fraction of sp³-hybridized carbons (Fsp3) is 0.909. The van der Waals surface area contributed by atoms with E-state index in [9.17, 15) is 4.79 Å². The van der Waals surface area contributed by atoms with Gasteiger partial charge in [-0.3, -0.25) is 0 Å². The number of hydrogen-bond acceptors (Lipinski definition) is 2. The van der Waals surface area contributed by atoms with Crippen LogP contribution < -0.4 is 0 Å². The molecule has 0 aliphatic heterocycles. The zero-order valence-corrected chi connectivity index (χ0v) is 8.42. The van der Waals surface area contributed by atoms with Crippen molar-refractivity contribution >= 4 is 6.08 Å². The van der Waals surface area contributed by atoms with Crippen molar-refractivity contribution in [1.29, 1.82) is 0 Å². The fourth-order valence-corrected chi connectivity index (χ4v) is 3.31. The largest absolute Gasteiger partial charge is 0.235 e. The quantitative estimate of drug-likeness (QED) is 0.473. The fourth-order valence-electron chi connectivity index (χ4n) is 3.31. The second-order valence-corrected chi connectivity index (χ2v) is 5.14. The van der Waals surface area contributed by atoms with Gasteiger partial charge in [-0.05, 0) is 50.9 Å². The predicted octanol–water partition coefficient (Wildman–Crippen LogP) is 2.54.